The number of rotatable bonds is 6. The first kappa shape index (κ1) is 27.5. The van der Waals surface area contributed by atoms with E-state index in [9.17, 15) is 14.4 Å². The van der Waals surface area contributed by atoms with Gasteiger partial charge in [0, 0.05) is 57.7 Å². The molecule has 7 nitrogen and oxygen atoms in total. The molecule has 1 N–H and O–H groups in total. The molecule has 0 saturated carbocycles. The molecule has 0 bridgehead atoms. The quantitative estimate of drug-likeness (QED) is 0.228. The van der Waals surface area contributed by atoms with Gasteiger partial charge in [0.05, 0.1) is 18.8 Å². The maximum atomic E-state index is 14.6. The molecule has 1 aromatic heterocycles. The molecule has 42 heavy (non-hydrogen) atoms. The Balaban J connectivity index is 1.57. The van der Waals surface area contributed by atoms with E-state index >= 15 is 0 Å². The fourth-order valence-electron chi connectivity index (χ4n) is 6.73. The summed E-state index contributed by atoms with van der Waals surface area (Å²) >= 11 is 0. The van der Waals surface area contributed by atoms with Gasteiger partial charge in [0.1, 0.15) is 5.92 Å². The van der Waals surface area contributed by atoms with Crippen molar-refractivity contribution in [3.63, 3.8) is 0 Å². The van der Waals surface area contributed by atoms with Gasteiger partial charge in [0.2, 0.25) is 0 Å². The topological polar surface area (TPSA) is 86.6 Å². The van der Waals surface area contributed by atoms with Gasteiger partial charge < -0.3 is 19.4 Å². The zero-order valence-corrected chi connectivity index (χ0v) is 24.3. The summed E-state index contributed by atoms with van der Waals surface area (Å²) in [5, 5.41) is 5.49. The van der Waals surface area contributed by atoms with Crippen LogP contribution in [0.1, 0.15) is 50.2 Å². The first-order chi connectivity index (χ1) is 20.3. The zero-order chi connectivity index (χ0) is 29.5. The largest absolute Gasteiger partial charge is 0.465 e. The lowest BCUT2D eigenvalue weighted by Crippen LogP contribution is -2.43. The van der Waals surface area contributed by atoms with Crippen LogP contribution in [0.3, 0.4) is 0 Å². The summed E-state index contributed by atoms with van der Waals surface area (Å²) in [4.78, 5) is 41.5. The smallest absolute Gasteiger partial charge is 0.336 e. The number of esters is 2. The lowest BCUT2D eigenvalue weighted by atomic mass is 9.67. The number of carbonyl (C=O) groups excluding carboxylic acids is 3. The number of fused-ring (bicyclic) bond motifs is 3. The Morgan fingerprint density at radius 1 is 0.881 bits per heavy atom. The van der Waals surface area contributed by atoms with E-state index < -0.39 is 29.7 Å². The Kier molecular flexibility index (Phi) is 7.19. The van der Waals surface area contributed by atoms with E-state index in [1.165, 1.54) is 0 Å². The van der Waals surface area contributed by atoms with Gasteiger partial charge in [-0.15, -0.1) is 0 Å². The molecule has 0 radical (unpaired) electrons. The molecule has 7 heteroatoms. The van der Waals surface area contributed by atoms with E-state index in [1.54, 1.807) is 13.8 Å². The summed E-state index contributed by atoms with van der Waals surface area (Å²) in [5.41, 5.74) is 6.00. The Morgan fingerprint density at radius 3 is 2.31 bits per heavy atom. The highest BCUT2D eigenvalue weighted by atomic mass is 16.5. The molecule has 0 spiro atoms. The van der Waals surface area contributed by atoms with Crippen molar-refractivity contribution in [1.82, 2.24) is 9.88 Å². The fourth-order valence-corrected chi connectivity index (χ4v) is 6.73. The molecule has 0 amide bonds. The van der Waals surface area contributed by atoms with E-state index in [2.05, 4.69) is 28.1 Å². The average molecular weight is 563 g/mol. The van der Waals surface area contributed by atoms with Gasteiger partial charge >= 0.3 is 11.9 Å². The number of aryl methyl sites for hydroxylation is 1. The number of para-hydroxylation sites is 1. The lowest BCUT2D eigenvalue weighted by Gasteiger charge is -2.39. The summed E-state index contributed by atoms with van der Waals surface area (Å²) in [6.45, 7) is 5.72. The second-order valence-electron chi connectivity index (χ2n) is 10.9. The summed E-state index contributed by atoms with van der Waals surface area (Å²) < 4.78 is 13.1. The number of allylic oxidation sites excluding steroid dienone is 3. The van der Waals surface area contributed by atoms with E-state index in [4.69, 9.17) is 9.47 Å². The summed E-state index contributed by atoms with van der Waals surface area (Å²) in [6, 6.07) is 23.9. The number of ether oxygens (including phenoxy) is 2. The second-order valence-corrected chi connectivity index (χ2v) is 10.9. The summed E-state index contributed by atoms with van der Waals surface area (Å²) in [5.74, 6) is -3.49. The van der Waals surface area contributed by atoms with Crippen LogP contribution in [0.15, 0.2) is 95.3 Å². The van der Waals surface area contributed by atoms with E-state index in [1.807, 2.05) is 68.6 Å². The van der Waals surface area contributed by atoms with Crippen molar-refractivity contribution in [3.05, 3.63) is 106 Å². The third-order valence-corrected chi connectivity index (χ3v) is 8.55. The molecule has 0 saturated heterocycles. The van der Waals surface area contributed by atoms with Crippen LogP contribution >= 0.6 is 0 Å². The predicted octanol–water partition coefficient (Wildman–Crippen LogP) is 6.05. The number of Topliss-reactive ketones (excluding diaryl/α,β-unsaturated/α-hetero) is 1. The first-order valence-corrected chi connectivity index (χ1v) is 14.5. The molecule has 1 aliphatic carbocycles. The molecule has 2 aliphatic rings. The number of dihydropyridines is 1. The Bertz CT molecular complexity index is 1800. The van der Waals surface area contributed by atoms with Crippen LogP contribution in [0.2, 0.25) is 0 Å². The highest BCUT2D eigenvalue weighted by Gasteiger charge is 2.49. The second kappa shape index (κ2) is 11.0. The Hall–Kier alpha value is -4.65. The number of benzene rings is 3. The predicted molar refractivity (Wildman–Crippen MR) is 162 cm³/mol. The molecule has 1 aliphatic heterocycles. The van der Waals surface area contributed by atoms with Crippen LogP contribution < -0.4 is 5.32 Å². The number of hydrogen-bond donors (Lipinski definition) is 1. The van der Waals surface area contributed by atoms with Crippen LogP contribution in [-0.4, -0.2) is 35.5 Å². The molecule has 3 aromatic carbocycles. The van der Waals surface area contributed by atoms with E-state index in [0.717, 1.165) is 38.6 Å². The van der Waals surface area contributed by atoms with Crippen molar-refractivity contribution in [3.8, 4) is 0 Å². The van der Waals surface area contributed by atoms with Gasteiger partial charge in [-0.1, -0.05) is 54.6 Å². The van der Waals surface area contributed by atoms with Crippen molar-refractivity contribution in [2.45, 2.75) is 39.0 Å². The summed E-state index contributed by atoms with van der Waals surface area (Å²) in [6.07, 6.45) is 0.426. The zero-order valence-electron chi connectivity index (χ0n) is 24.3. The maximum absolute atomic E-state index is 14.6. The number of aromatic nitrogens is 1. The average Bonchev–Trinajstić information content (AvgIpc) is 3.28. The molecule has 3 atom stereocenters. The standard InChI is InChI=1S/C35H34N2O5/c1-5-41-34(39)29-20(3)36-26-19-24(21-12-8-7-9-13-21)31(35(40)42-6-2)33(38)32(26)30(29)22-16-17-28-25(18-22)23-14-10-11-15-27(23)37(28)4/h7-18,24,30-31,36H,5-6,19H2,1-4H3/t24-,30-,31-/m1/s1. The molecule has 4 aromatic rings. The number of nitrogens with one attached hydrogen (secondary N) is 1. The van der Waals surface area contributed by atoms with Gasteiger partial charge in [-0.05, 0) is 56.5 Å². The van der Waals surface area contributed by atoms with Crippen LogP contribution in [0, 0.1) is 5.92 Å². The maximum Gasteiger partial charge on any atom is 0.336 e. The normalized spacial score (nSPS) is 20.5. The molecule has 6 rings (SSSR count). The van der Waals surface area contributed by atoms with Gasteiger partial charge in [0.15, 0.2) is 5.78 Å². The Morgan fingerprint density at radius 2 is 1.57 bits per heavy atom. The third-order valence-electron chi connectivity index (χ3n) is 8.55. The molecular formula is C35H34N2O5. The number of nitrogens with zero attached hydrogens (tertiary/aromatic N) is 1. The van der Waals surface area contributed by atoms with Gasteiger partial charge in [0.25, 0.3) is 0 Å². The Labute approximate surface area is 244 Å². The van der Waals surface area contributed by atoms with Gasteiger partial charge in [-0.25, -0.2) is 4.79 Å². The van der Waals surface area contributed by atoms with Crippen molar-refractivity contribution in [2.75, 3.05) is 13.2 Å². The molecule has 214 valence electrons. The summed E-state index contributed by atoms with van der Waals surface area (Å²) in [7, 11) is 2.03. The van der Waals surface area contributed by atoms with Gasteiger partial charge in [-0.2, -0.15) is 0 Å². The highest BCUT2D eigenvalue weighted by molar-refractivity contribution is 6.14. The minimum absolute atomic E-state index is 0.169. The fraction of sp³-hybridized carbons (Fsp3) is 0.286. The number of hydrogen-bond acceptors (Lipinski definition) is 6. The molecule has 0 unspecified atom stereocenters. The van der Waals surface area contributed by atoms with Crippen molar-refractivity contribution in [2.24, 2.45) is 13.0 Å². The van der Waals surface area contributed by atoms with E-state index in [-0.39, 0.29) is 19.0 Å². The number of ketones is 1. The van der Waals surface area contributed by atoms with Crippen LogP contribution in [0.25, 0.3) is 21.8 Å². The minimum atomic E-state index is -1.03. The highest BCUT2D eigenvalue weighted by Crippen LogP contribution is 2.48. The first-order valence-electron chi connectivity index (χ1n) is 14.5. The monoisotopic (exact) mass is 562 g/mol. The van der Waals surface area contributed by atoms with Crippen molar-refractivity contribution < 1.29 is 23.9 Å². The molecule has 0 fully saturated rings. The number of carbonyl (C=O) groups is 3. The molecule has 2 heterocycles. The lowest BCUT2D eigenvalue weighted by molar-refractivity contribution is -0.152. The minimum Gasteiger partial charge on any atom is -0.465 e. The van der Waals surface area contributed by atoms with E-state index in [0.29, 0.717) is 23.3 Å². The molecular weight excluding hydrogens is 528 g/mol. The van der Waals surface area contributed by atoms with Crippen molar-refractivity contribution >= 4 is 39.5 Å². The van der Waals surface area contributed by atoms with Gasteiger partial charge in [-0.3, -0.25) is 9.59 Å². The third kappa shape index (κ3) is 4.40. The van der Waals surface area contributed by atoms with Crippen LogP contribution in [0.4, 0.5) is 0 Å². The SMILES string of the molecule is CCOC(=O)C1=C(C)NC2=C(C(=O)[C@H](C(=O)OCC)[C@@H](c3ccccc3)C2)[C@@H]1c1ccc2c(c1)c1ccccc1n2C. The van der Waals surface area contributed by atoms with Crippen LogP contribution in [0.5, 0.6) is 0 Å². The van der Waals surface area contributed by atoms with Crippen molar-refractivity contribution in [1.29, 1.82) is 0 Å². The van der Waals surface area contributed by atoms with Crippen LogP contribution in [-0.2, 0) is 30.9 Å².